The molecule has 39 heavy (non-hydrogen) atoms. The van der Waals surface area contributed by atoms with E-state index in [0.717, 1.165) is 17.8 Å². The third-order valence-electron chi connectivity index (χ3n) is 6.21. The highest BCUT2D eigenvalue weighted by Crippen LogP contribution is 2.45. The van der Waals surface area contributed by atoms with Gasteiger partial charge in [-0.25, -0.2) is 4.98 Å². The van der Waals surface area contributed by atoms with E-state index < -0.39 is 28.4 Å². The second-order valence-corrected chi connectivity index (χ2v) is 9.74. The lowest BCUT2D eigenvalue weighted by Crippen LogP contribution is -2.29. The smallest absolute Gasteiger partial charge is 0.301 e. The maximum atomic E-state index is 13.5. The average molecular weight is 546 g/mol. The standard InChI is InChI=1S/C28H23N3O7S/c1-3-12-38-20-9-5-7-17(14-20)25(32)23-24(16-6-4-8-18(13-16)31(35)36)30(27(34)26(23)33)28-29-21-11-10-19(37-2)15-22(21)39-28/h4-11,13-15,24,32H,3,12H2,1-2H3/b25-23+. The molecule has 1 atom stereocenters. The number of methoxy groups -OCH3 is 1. The van der Waals surface area contributed by atoms with Gasteiger partial charge in [0.1, 0.15) is 17.3 Å². The van der Waals surface area contributed by atoms with Gasteiger partial charge in [0.05, 0.1) is 40.5 Å². The van der Waals surface area contributed by atoms with Crippen LogP contribution in [0.1, 0.15) is 30.5 Å². The Kier molecular flexibility index (Phi) is 6.99. The molecule has 5 rings (SSSR count). The van der Waals surface area contributed by atoms with Gasteiger partial charge in [-0.1, -0.05) is 42.5 Å². The van der Waals surface area contributed by atoms with Gasteiger partial charge in [0, 0.05) is 17.7 Å². The summed E-state index contributed by atoms with van der Waals surface area (Å²) in [4.78, 5) is 43.7. The second-order valence-electron chi connectivity index (χ2n) is 8.73. The number of nitro groups is 1. The van der Waals surface area contributed by atoms with Crippen LogP contribution in [0, 0.1) is 10.1 Å². The summed E-state index contributed by atoms with van der Waals surface area (Å²) in [6, 6.07) is 16.3. The molecule has 11 heteroatoms. The fraction of sp³-hybridized carbons (Fsp3) is 0.179. The number of thiazole rings is 1. The number of carbonyl (C=O) groups is 2. The minimum absolute atomic E-state index is 0.204. The molecule has 1 aromatic heterocycles. The van der Waals surface area contributed by atoms with E-state index in [-0.39, 0.29) is 27.5 Å². The molecular weight excluding hydrogens is 522 g/mol. The zero-order valence-corrected chi connectivity index (χ0v) is 21.8. The topological polar surface area (TPSA) is 132 Å². The number of Topliss-reactive ketones (excluding diaryl/α,β-unsaturated/α-hetero) is 1. The minimum Gasteiger partial charge on any atom is -0.507 e. The number of aliphatic hydroxyl groups excluding tert-OH is 1. The first-order chi connectivity index (χ1) is 18.8. The van der Waals surface area contributed by atoms with E-state index in [1.807, 2.05) is 6.92 Å². The van der Waals surface area contributed by atoms with Crippen molar-refractivity contribution in [3.8, 4) is 11.5 Å². The number of anilines is 1. The van der Waals surface area contributed by atoms with Crippen LogP contribution in [0.4, 0.5) is 10.8 Å². The maximum Gasteiger partial charge on any atom is 0.301 e. The maximum absolute atomic E-state index is 13.5. The van der Waals surface area contributed by atoms with Crippen LogP contribution in [0.2, 0.25) is 0 Å². The van der Waals surface area contributed by atoms with Crippen molar-refractivity contribution >= 4 is 49.8 Å². The van der Waals surface area contributed by atoms with Crippen molar-refractivity contribution in [3.05, 3.63) is 93.5 Å². The Labute approximate surface area is 226 Å². The number of rotatable bonds is 8. The van der Waals surface area contributed by atoms with Crippen LogP contribution >= 0.6 is 11.3 Å². The number of ketones is 1. The highest BCUT2D eigenvalue weighted by Gasteiger charge is 2.48. The molecule has 1 N–H and O–H groups in total. The fourth-order valence-electron chi connectivity index (χ4n) is 4.39. The first-order valence-electron chi connectivity index (χ1n) is 12.1. The van der Waals surface area contributed by atoms with Gasteiger partial charge < -0.3 is 14.6 Å². The summed E-state index contributed by atoms with van der Waals surface area (Å²) in [5.41, 5.74) is 0.703. The largest absolute Gasteiger partial charge is 0.507 e. The van der Waals surface area contributed by atoms with Crippen LogP contribution in [-0.4, -0.2) is 40.4 Å². The summed E-state index contributed by atoms with van der Waals surface area (Å²) in [5, 5.41) is 23.2. The van der Waals surface area contributed by atoms with Crippen LogP contribution in [0.15, 0.2) is 72.3 Å². The van der Waals surface area contributed by atoms with E-state index in [4.69, 9.17) is 9.47 Å². The van der Waals surface area contributed by atoms with E-state index >= 15 is 0 Å². The number of non-ortho nitro benzene ring substituents is 1. The lowest BCUT2D eigenvalue weighted by Gasteiger charge is -2.22. The Bertz CT molecular complexity index is 1650. The van der Waals surface area contributed by atoms with Crippen molar-refractivity contribution in [2.45, 2.75) is 19.4 Å². The van der Waals surface area contributed by atoms with Gasteiger partial charge in [0.2, 0.25) is 0 Å². The number of aliphatic hydroxyl groups is 1. The van der Waals surface area contributed by atoms with E-state index in [9.17, 15) is 24.8 Å². The van der Waals surface area contributed by atoms with Crippen molar-refractivity contribution in [3.63, 3.8) is 0 Å². The summed E-state index contributed by atoms with van der Waals surface area (Å²) in [7, 11) is 1.53. The Morgan fingerprint density at radius 1 is 1.10 bits per heavy atom. The fourth-order valence-corrected chi connectivity index (χ4v) is 5.41. The van der Waals surface area contributed by atoms with Gasteiger partial charge in [-0.2, -0.15) is 0 Å². The van der Waals surface area contributed by atoms with Crippen molar-refractivity contribution in [2.75, 3.05) is 18.6 Å². The number of carbonyl (C=O) groups excluding carboxylic acids is 2. The predicted molar refractivity (Wildman–Crippen MR) is 146 cm³/mol. The molecule has 10 nitrogen and oxygen atoms in total. The zero-order valence-electron chi connectivity index (χ0n) is 21.0. The third-order valence-corrected chi connectivity index (χ3v) is 7.23. The van der Waals surface area contributed by atoms with Crippen molar-refractivity contribution < 1.29 is 29.1 Å². The van der Waals surface area contributed by atoms with Gasteiger partial charge in [0.15, 0.2) is 5.13 Å². The van der Waals surface area contributed by atoms with Crippen molar-refractivity contribution in [1.82, 2.24) is 4.98 Å². The second kappa shape index (κ2) is 10.5. The minimum atomic E-state index is -1.16. The molecule has 1 saturated heterocycles. The predicted octanol–water partition coefficient (Wildman–Crippen LogP) is 5.63. The number of amides is 1. The first kappa shape index (κ1) is 25.9. The molecule has 0 saturated carbocycles. The molecule has 198 valence electrons. The number of ether oxygens (including phenoxy) is 2. The molecule has 1 aliphatic rings. The van der Waals surface area contributed by atoms with Crippen molar-refractivity contribution in [1.29, 1.82) is 0 Å². The lowest BCUT2D eigenvalue weighted by molar-refractivity contribution is -0.384. The molecule has 1 fully saturated rings. The molecule has 0 spiro atoms. The Morgan fingerprint density at radius 3 is 2.64 bits per heavy atom. The van der Waals surface area contributed by atoms with Gasteiger partial charge in [-0.3, -0.25) is 24.6 Å². The van der Waals surface area contributed by atoms with Crippen LogP contribution in [0.25, 0.3) is 16.0 Å². The van der Waals surface area contributed by atoms with E-state index in [1.54, 1.807) is 48.5 Å². The van der Waals surface area contributed by atoms with E-state index in [2.05, 4.69) is 4.98 Å². The molecule has 1 unspecified atom stereocenters. The van der Waals surface area contributed by atoms with Crippen LogP contribution in [0.3, 0.4) is 0 Å². The number of aromatic nitrogens is 1. The quantitative estimate of drug-likeness (QED) is 0.0991. The molecule has 1 aliphatic heterocycles. The van der Waals surface area contributed by atoms with E-state index in [1.165, 1.54) is 30.2 Å². The molecule has 0 radical (unpaired) electrons. The summed E-state index contributed by atoms with van der Waals surface area (Å²) < 4.78 is 11.7. The highest BCUT2D eigenvalue weighted by atomic mass is 32.1. The molecule has 0 aliphatic carbocycles. The summed E-state index contributed by atoms with van der Waals surface area (Å²) in [5.74, 6) is -1.17. The Balaban J connectivity index is 1.70. The average Bonchev–Trinajstić information content (AvgIpc) is 3.49. The zero-order chi connectivity index (χ0) is 27.7. The number of hydrogen-bond donors (Lipinski definition) is 1. The summed E-state index contributed by atoms with van der Waals surface area (Å²) in [6.45, 7) is 2.42. The van der Waals surface area contributed by atoms with Gasteiger partial charge in [0.25, 0.3) is 11.5 Å². The lowest BCUT2D eigenvalue weighted by atomic mass is 9.95. The Hall–Kier alpha value is -4.77. The van der Waals surface area contributed by atoms with Gasteiger partial charge >= 0.3 is 5.91 Å². The molecule has 2 heterocycles. The van der Waals surface area contributed by atoms with Gasteiger partial charge in [-0.15, -0.1) is 0 Å². The molecular formula is C28H23N3O7S. The molecule has 4 aromatic rings. The van der Waals surface area contributed by atoms with Crippen LogP contribution in [-0.2, 0) is 9.59 Å². The highest BCUT2D eigenvalue weighted by molar-refractivity contribution is 7.22. The number of nitrogens with zero attached hydrogens (tertiary/aromatic N) is 3. The molecule has 3 aromatic carbocycles. The monoisotopic (exact) mass is 545 g/mol. The van der Waals surface area contributed by atoms with Crippen LogP contribution < -0.4 is 14.4 Å². The first-order valence-corrected chi connectivity index (χ1v) is 12.9. The SMILES string of the molecule is CCCOc1cccc(/C(O)=C2\C(=O)C(=O)N(c3nc4ccc(OC)cc4s3)C2c2cccc([N+](=O)[O-])c2)c1. The number of nitro benzene ring substituents is 1. The van der Waals surface area contributed by atoms with Crippen LogP contribution in [0.5, 0.6) is 11.5 Å². The van der Waals surface area contributed by atoms with Gasteiger partial charge in [-0.05, 0) is 42.3 Å². The summed E-state index contributed by atoms with van der Waals surface area (Å²) >= 11 is 1.16. The number of benzene rings is 3. The molecule has 0 bridgehead atoms. The summed E-state index contributed by atoms with van der Waals surface area (Å²) in [6.07, 6.45) is 0.780. The number of hydrogen-bond acceptors (Lipinski definition) is 9. The van der Waals surface area contributed by atoms with Crippen molar-refractivity contribution in [2.24, 2.45) is 0 Å². The Morgan fingerprint density at radius 2 is 1.90 bits per heavy atom. The number of fused-ring (bicyclic) bond motifs is 1. The third kappa shape index (κ3) is 4.79. The molecule has 1 amide bonds. The normalized spacial score (nSPS) is 16.6. The van der Waals surface area contributed by atoms with E-state index in [0.29, 0.717) is 28.3 Å².